The van der Waals surface area contributed by atoms with E-state index in [2.05, 4.69) is 23.3 Å². The summed E-state index contributed by atoms with van der Waals surface area (Å²) in [6, 6.07) is 0. The van der Waals surface area contributed by atoms with Gasteiger partial charge in [-0.3, -0.25) is 0 Å². The predicted molar refractivity (Wildman–Crippen MR) is 48.6 cm³/mol. The van der Waals surface area contributed by atoms with Crippen molar-refractivity contribution in [3.05, 3.63) is 0 Å². The van der Waals surface area contributed by atoms with E-state index in [1.54, 1.807) is 0 Å². The topological polar surface area (TPSA) is 50.1 Å². The SMILES string of the molecule is NCCNCCNCCS. The highest BCUT2D eigenvalue weighted by Gasteiger charge is 1.84. The van der Waals surface area contributed by atoms with Crippen LogP contribution in [-0.2, 0) is 0 Å². The Morgan fingerprint density at radius 1 is 1.00 bits per heavy atom. The third-order valence-electron chi connectivity index (χ3n) is 1.09. The zero-order valence-electron chi connectivity index (χ0n) is 6.27. The first-order valence-electron chi connectivity index (χ1n) is 3.64. The van der Waals surface area contributed by atoms with Crippen LogP contribution in [0.2, 0.25) is 0 Å². The molecule has 0 unspecified atom stereocenters. The molecule has 0 bridgehead atoms. The summed E-state index contributed by atoms with van der Waals surface area (Å²) in [6.45, 7) is 4.59. The van der Waals surface area contributed by atoms with Crippen molar-refractivity contribution in [2.45, 2.75) is 0 Å². The minimum atomic E-state index is 0.715. The average Bonchev–Trinajstić information content (AvgIpc) is 1.97. The van der Waals surface area contributed by atoms with Crippen molar-refractivity contribution in [3.8, 4) is 0 Å². The van der Waals surface area contributed by atoms with Gasteiger partial charge >= 0.3 is 0 Å². The van der Waals surface area contributed by atoms with Crippen LogP contribution >= 0.6 is 12.6 Å². The van der Waals surface area contributed by atoms with Crippen LogP contribution in [0.3, 0.4) is 0 Å². The van der Waals surface area contributed by atoms with Gasteiger partial charge in [0.25, 0.3) is 0 Å². The summed E-state index contributed by atoms with van der Waals surface area (Å²) in [5.41, 5.74) is 5.27. The Bertz CT molecular complexity index is 53.0. The molecule has 0 saturated heterocycles. The maximum absolute atomic E-state index is 5.27. The molecule has 0 aliphatic carbocycles. The summed E-state index contributed by atoms with van der Waals surface area (Å²) in [7, 11) is 0. The van der Waals surface area contributed by atoms with Crippen molar-refractivity contribution in [1.29, 1.82) is 0 Å². The Labute approximate surface area is 68.2 Å². The summed E-state index contributed by atoms with van der Waals surface area (Å²) in [5.74, 6) is 0.900. The van der Waals surface area contributed by atoms with E-state index in [0.717, 1.165) is 31.9 Å². The third kappa shape index (κ3) is 8.23. The lowest BCUT2D eigenvalue weighted by Gasteiger charge is -2.02. The molecule has 4 N–H and O–H groups in total. The molecule has 3 nitrogen and oxygen atoms in total. The molecule has 0 aliphatic heterocycles. The Morgan fingerprint density at radius 2 is 1.60 bits per heavy atom. The zero-order valence-corrected chi connectivity index (χ0v) is 7.16. The lowest BCUT2D eigenvalue weighted by Crippen LogP contribution is -2.31. The van der Waals surface area contributed by atoms with Crippen LogP contribution in [0.4, 0.5) is 0 Å². The van der Waals surface area contributed by atoms with Gasteiger partial charge in [0, 0.05) is 38.5 Å². The standard InChI is InChI=1S/C6H17N3S/c7-1-2-8-3-4-9-5-6-10/h8-10H,1-7H2. The molecule has 0 heterocycles. The van der Waals surface area contributed by atoms with Gasteiger partial charge in [0.15, 0.2) is 0 Å². The minimum absolute atomic E-state index is 0.715. The summed E-state index contributed by atoms with van der Waals surface area (Å²) < 4.78 is 0. The largest absolute Gasteiger partial charge is 0.329 e. The van der Waals surface area contributed by atoms with E-state index < -0.39 is 0 Å². The molecule has 4 heteroatoms. The van der Waals surface area contributed by atoms with Gasteiger partial charge in [-0.2, -0.15) is 12.6 Å². The molecule has 62 valence electrons. The molecule has 0 aromatic carbocycles. The molecule has 0 fully saturated rings. The highest BCUT2D eigenvalue weighted by Crippen LogP contribution is 1.66. The van der Waals surface area contributed by atoms with Crippen LogP contribution in [0, 0.1) is 0 Å². The van der Waals surface area contributed by atoms with Gasteiger partial charge < -0.3 is 16.4 Å². The molecule has 10 heavy (non-hydrogen) atoms. The highest BCUT2D eigenvalue weighted by atomic mass is 32.1. The molecule has 0 aromatic rings. The molecule has 0 saturated carbocycles. The minimum Gasteiger partial charge on any atom is -0.329 e. The van der Waals surface area contributed by atoms with Gasteiger partial charge in [0.2, 0.25) is 0 Å². The van der Waals surface area contributed by atoms with Crippen molar-refractivity contribution >= 4 is 12.6 Å². The second-order valence-electron chi connectivity index (χ2n) is 2.01. The van der Waals surface area contributed by atoms with Gasteiger partial charge in [0.05, 0.1) is 0 Å². The highest BCUT2D eigenvalue weighted by molar-refractivity contribution is 7.80. The van der Waals surface area contributed by atoms with E-state index in [1.165, 1.54) is 0 Å². The van der Waals surface area contributed by atoms with E-state index >= 15 is 0 Å². The molecule has 0 spiro atoms. The first-order valence-corrected chi connectivity index (χ1v) is 4.27. The van der Waals surface area contributed by atoms with E-state index in [4.69, 9.17) is 5.73 Å². The third-order valence-corrected chi connectivity index (χ3v) is 1.31. The average molecular weight is 163 g/mol. The van der Waals surface area contributed by atoms with Crippen molar-refractivity contribution in [2.24, 2.45) is 5.73 Å². The van der Waals surface area contributed by atoms with E-state index in [1.807, 2.05) is 0 Å². The zero-order chi connectivity index (χ0) is 7.66. The molecule has 0 atom stereocenters. The fraction of sp³-hybridized carbons (Fsp3) is 1.00. The summed E-state index contributed by atoms with van der Waals surface area (Å²) in [4.78, 5) is 0. The number of hydrogen-bond donors (Lipinski definition) is 4. The normalized spacial score (nSPS) is 10.2. The molecule has 0 aliphatic rings. The molecule has 0 rings (SSSR count). The maximum Gasteiger partial charge on any atom is 0.00772 e. The number of rotatable bonds is 7. The summed E-state index contributed by atoms with van der Waals surface area (Å²) >= 11 is 4.06. The summed E-state index contributed by atoms with van der Waals surface area (Å²) in [6.07, 6.45) is 0. The molecule has 0 aromatic heterocycles. The van der Waals surface area contributed by atoms with Crippen molar-refractivity contribution in [1.82, 2.24) is 10.6 Å². The first-order chi connectivity index (χ1) is 4.91. The quantitative estimate of drug-likeness (QED) is 0.289. The molecule has 0 radical (unpaired) electrons. The van der Waals surface area contributed by atoms with Gasteiger partial charge in [-0.25, -0.2) is 0 Å². The second-order valence-corrected chi connectivity index (χ2v) is 2.46. The summed E-state index contributed by atoms with van der Waals surface area (Å²) in [5, 5.41) is 6.40. The molecule has 0 amide bonds. The monoisotopic (exact) mass is 163 g/mol. The van der Waals surface area contributed by atoms with Gasteiger partial charge in [-0.05, 0) is 0 Å². The number of nitrogens with one attached hydrogen (secondary N) is 2. The smallest absolute Gasteiger partial charge is 0.00772 e. The lowest BCUT2D eigenvalue weighted by molar-refractivity contribution is 0.631. The van der Waals surface area contributed by atoms with E-state index in [0.29, 0.717) is 6.54 Å². The van der Waals surface area contributed by atoms with Crippen LogP contribution in [-0.4, -0.2) is 38.5 Å². The van der Waals surface area contributed by atoms with Crippen LogP contribution in [0.1, 0.15) is 0 Å². The Kier molecular flexibility index (Phi) is 9.44. The Hall–Kier alpha value is 0.230. The van der Waals surface area contributed by atoms with Crippen molar-refractivity contribution in [3.63, 3.8) is 0 Å². The fourth-order valence-corrected chi connectivity index (χ4v) is 0.766. The Balaban J connectivity index is 2.65. The lowest BCUT2D eigenvalue weighted by atomic mass is 10.5. The Morgan fingerprint density at radius 3 is 2.10 bits per heavy atom. The van der Waals surface area contributed by atoms with Crippen LogP contribution in [0.25, 0.3) is 0 Å². The van der Waals surface area contributed by atoms with Crippen molar-refractivity contribution < 1.29 is 0 Å². The fourth-order valence-electron chi connectivity index (χ4n) is 0.608. The second kappa shape index (κ2) is 9.23. The predicted octanol–water partition coefficient (Wildman–Crippen LogP) is -0.946. The van der Waals surface area contributed by atoms with Crippen LogP contribution < -0.4 is 16.4 Å². The van der Waals surface area contributed by atoms with Crippen molar-refractivity contribution in [2.75, 3.05) is 38.5 Å². The van der Waals surface area contributed by atoms with Gasteiger partial charge in [0.1, 0.15) is 0 Å². The maximum atomic E-state index is 5.27. The van der Waals surface area contributed by atoms with E-state index in [-0.39, 0.29) is 0 Å². The molecular weight excluding hydrogens is 146 g/mol. The number of hydrogen-bond acceptors (Lipinski definition) is 4. The van der Waals surface area contributed by atoms with E-state index in [9.17, 15) is 0 Å². The van der Waals surface area contributed by atoms with Crippen LogP contribution in [0.15, 0.2) is 0 Å². The van der Waals surface area contributed by atoms with Crippen LogP contribution in [0.5, 0.6) is 0 Å². The number of nitrogens with two attached hydrogens (primary N) is 1. The first kappa shape index (κ1) is 10.2. The molecular formula is C6H17N3S. The number of thiol groups is 1. The van der Waals surface area contributed by atoms with Gasteiger partial charge in [-0.1, -0.05) is 0 Å². The van der Waals surface area contributed by atoms with Gasteiger partial charge in [-0.15, -0.1) is 0 Å².